The Balaban J connectivity index is 1.57. The van der Waals surface area contributed by atoms with Gasteiger partial charge in [0.2, 0.25) is 5.91 Å². The van der Waals surface area contributed by atoms with Gasteiger partial charge in [-0.1, -0.05) is 58.0 Å². The van der Waals surface area contributed by atoms with Crippen molar-refractivity contribution in [3.8, 4) is 0 Å². The van der Waals surface area contributed by atoms with Crippen LogP contribution in [0.4, 0.5) is 11.5 Å². The normalized spacial score (nSPS) is 15.1. The molecule has 0 aliphatic carbocycles. The minimum absolute atomic E-state index is 0.165. The van der Waals surface area contributed by atoms with Gasteiger partial charge in [0.05, 0.1) is 37.3 Å². The summed E-state index contributed by atoms with van der Waals surface area (Å²) in [6, 6.07) is 5.14. The zero-order chi connectivity index (χ0) is 19.6. The fourth-order valence-corrected chi connectivity index (χ4v) is 3.77. The Labute approximate surface area is 182 Å². The zero-order valence-electron chi connectivity index (χ0n) is 14.0. The van der Waals surface area contributed by atoms with Crippen molar-refractivity contribution in [2.45, 2.75) is 0 Å². The summed E-state index contributed by atoms with van der Waals surface area (Å²) in [4.78, 5) is 20.9. The number of piperazine rings is 1. The van der Waals surface area contributed by atoms with E-state index in [1.54, 1.807) is 6.20 Å². The highest BCUT2D eigenvalue weighted by Gasteiger charge is 2.22. The van der Waals surface area contributed by atoms with Crippen molar-refractivity contribution < 1.29 is 4.79 Å². The Morgan fingerprint density at radius 3 is 2.19 bits per heavy atom. The molecule has 1 aliphatic heterocycles. The lowest BCUT2D eigenvalue weighted by Gasteiger charge is -2.35. The number of carbonyl (C=O) groups is 1. The molecule has 1 amide bonds. The van der Waals surface area contributed by atoms with Crippen molar-refractivity contribution in [1.29, 1.82) is 0 Å². The van der Waals surface area contributed by atoms with Gasteiger partial charge in [0.1, 0.15) is 5.82 Å². The summed E-state index contributed by atoms with van der Waals surface area (Å²) in [7, 11) is 0. The molecule has 1 aromatic heterocycles. The Morgan fingerprint density at radius 1 is 1.00 bits per heavy atom. The van der Waals surface area contributed by atoms with Gasteiger partial charge in [-0.2, -0.15) is 0 Å². The molecule has 5 nitrogen and oxygen atoms in total. The van der Waals surface area contributed by atoms with E-state index in [2.05, 4.69) is 15.2 Å². The van der Waals surface area contributed by atoms with Crippen LogP contribution in [0.1, 0.15) is 0 Å². The highest BCUT2D eigenvalue weighted by atomic mass is 35.5. The van der Waals surface area contributed by atoms with E-state index < -0.39 is 0 Å². The van der Waals surface area contributed by atoms with Gasteiger partial charge >= 0.3 is 0 Å². The monoisotopic (exact) mass is 466 g/mol. The summed E-state index contributed by atoms with van der Waals surface area (Å²) in [5, 5.41) is 4.09. The molecule has 10 heteroatoms. The van der Waals surface area contributed by atoms with Gasteiger partial charge < -0.3 is 10.2 Å². The number of benzene rings is 1. The minimum Gasteiger partial charge on any atom is -0.354 e. The second-order valence-electron chi connectivity index (χ2n) is 5.99. The SMILES string of the molecule is O=C(CN1CCN(c2ccc(Cl)cn2)CC1)Nc1c(Cl)c(Cl)cc(Cl)c1Cl. The molecule has 1 aliphatic rings. The number of anilines is 2. The third-order valence-electron chi connectivity index (χ3n) is 4.15. The number of hydrogen-bond acceptors (Lipinski definition) is 4. The third-order valence-corrected chi connectivity index (χ3v) is 5.95. The minimum atomic E-state index is -0.241. The van der Waals surface area contributed by atoms with Crippen LogP contribution in [0, 0.1) is 0 Å². The second-order valence-corrected chi connectivity index (χ2v) is 8.00. The van der Waals surface area contributed by atoms with Crippen LogP contribution in [-0.2, 0) is 4.79 Å². The lowest BCUT2D eigenvalue weighted by atomic mass is 10.3. The molecule has 1 N–H and O–H groups in total. The first-order chi connectivity index (χ1) is 12.8. The van der Waals surface area contributed by atoms with Crippen LogP contribution in [0.25, 0.3) is 0 Å². The lowest BCUT2D eigenvalue weighted by molar-refractivity contribution is -0.117. The summed E-state index contributed by atoms with van der Waals surface area (Å²) in [5.41, 5.74) is 0.227. The second kappa shape index (κ2) is 9.03. The number of nitrogens with zero attached hydrogens (tertiary/aromatic N) is 3. The summed E-state index contributed by atoms with van der Waals surface area (Å²) in [5.74, 6) is 0.630. The molecule has 0 bridgehead atoms. The van der Waals surface area contributed by atoms with Crippen LogP contribution in [0.2, 0.25) is 25.1 Å². The molecule has 0 radical (unpaired) electrons. The smallest absolute Gasteiger partial charge is 0.238 e. The number of amides is 1. The van der Waals surface area contributed by atoms with Crippen LogP contribution in [-0.4, -0.2) is 48.5 Å². The maximum absolute atomic E-state index is 12.4. The molecule has 0 atom stereocenters. The molecule has 27 heavy (non-hydrogen) atoms. The molecule has 2 aromatic rings. The predicted octanol–water partition coefficient (Wildman–Crippen LogP) is 5.11. The van der Waals surface area contributed by atoms with E-state index in [0.29, 0.717) is 5.02 Å². The zero-order valence-corrected chi connectivity index (χ0v) is 17.8. The topological polar surface area (TPSA) is 48.5 Å². The van der Waals surface area contributed by atoms with Gasteiger partial charge in [-0.15, -0.1) is 0 Å². The number of pyridine rings is 1. The van der Waals surface area contributed by atoms with Crippen LogP contribution in [0.5, 0.6) is 0 Å². The van der Waals surface area contributed by atoms with Gasteiger partial charge in [0.15, 0.2) is 0 Å². The van der Waals surface area contributed by atoms with Crippen molar-refractivity contribution in [3.63, 3.8) is 0 Å². The first-order valence-electron chi connectivity index (χ1n) is 8.07. The largest absolute Gasteiger partial charge is 0.354 e. The predicted molar refractivity (Wildman–Crippen MR) is 113 cm³/mol. The van der Waals surface area contributed by atoms with Gasteiger partial charge in [-0.05, 0) is 18.2 Å². The van der Waals surface area contributed by atoms with Gasteiger partial charge in [-0.3, -0.25) is 9.69 Å². The fraction of sp³-hybridized carbons (Fsp3) is 0.294. The van der Waals surface area contributed by atoms with E-state index in [4.69, 9.17) is 58.0 Å². The summed E-state index contributed by atoms with van der Waals surface area (Å²) in [6.07, 6.45) is 1.63. The van der Waals surface area contributed by atoms with Gasteiger partial charge in [0, 0.05) is 32.4 Å². The van der Waals surface area contributed by atoms with Crippen molar-refractivity contribution in [1.82, 2.24) is 9.88 Å². The van der Waals surface area contributed by atoms with Crippen molar-refractivity contribution >= 4 is 75.4 Å². The van der Waals surface area contributed by atoms with Crippen LogP contribution in [0.3, 0.4) is 0 Å². The molecule has 1 saturated heterocycles. The number of hydrogen-bond donors (Lipinski definition) is 1. The Bertz CT molecular complexity index is 812. The van der Waals surface area contributed by atoms with Crippen LogP contribution < -0.4 is 10.2 Å². The number of carbonyl (C=O) groups excluding carboxylic acids is 1. The maximum atomic E-state index is 12.4. The molecule has 144 valence electrons. The Kier molecular flexibility index (Phi) is 6.95. The fourth-order valence-electron chi connectivity index (χ4n) is 2.76. The molecule has 0 unspecified atom stereocenters. The van der Waals surface area contributed by atoms with Crippen molar-refractivity contribution in [3.05, 3.63) is 49.5 Å². The Hall–Kier alpha value is -0.950. The number of halogens is 5. The molecule has 0 saturated carbocycles. The van der Waals surface area contributed by atoms with Crippen LogP contribution >= 0.6 is 58.0 Å². The van der Waals surface area contributed by atoms with Gasteiger partial charge in [0.25, 0.3) is 0 Å². The van der Waals surface area contributed by atoms with E-state index in [1.807, 2.05) is 17.0 Å². The average Bonchev–Trinajstić information content (AvgIpc) is 2.65. The molecular weight excluding hydrogens is 453 g/mol. The quantitative estimate of drug-likeness (QED) is 0.634. The summed E-state index contributed by atoms with van der Waals surface area (Å²) < 4.78 is 0. The number of aromatic nitrogens is 1. The standard InChI is InChI=1S/C17H15Cl5N4O/c18-10-1-2-13(23-8-10)26-5-3-25(4-6-26)9-14(27)24-17-15(21)11(19)7-12(20)16(17)22/h1-2,7-8H,3-6,9H2,(H,24,27). The van der Waals surface area contributed by atoms with Crippen molar-refractivity contribution in [2.75, 3.05) is 42.9 Å². The molecule has 1 aromatic carbocycles. The molecule has 0 spiro atoms. The first-order valence-corrected chi connectivity index (χ1v) is 9.96. The average molecular weight is 469 g/mol. The molecule has 2 heterocycles. The first kappa shape index (κ1) is 20.8. The highest BCUT2D eigenvalue weighted by Crippen LogP contribution is 2.40. The van der Waals surface area contributed by atoms with E-state index in [1.165, 1.54) is 6.07 Å². The van der Waals surface area contributed by atoms with E-state index in [-0.39, 0.29) is 38.2 Å². The molecular formula is C17H15Cl5N4O. The summed E-state index contributed by atoms with van der Waals surface area (Å²) >= 11 is 30.1. The number of rotatable bonds is 4. The molecule has 3 rings (SSSR count). The maximum Gasteiger partial charge on any atom is 0.238 e. The van der Waals surface area contributed by atoms with Crippen LogP contribution in [0.15, 0.2) is 24.4 Å². The summed E-state index contributed by atoms with van der Waals surface area (Å²) in [6.45, 7) is 3.16. The van der Waals surface area contributed by atoms with E-state index >= 15 is 0 Å². The highest BCUT2D eigenvalue weighted by molar-refractivity contribution is 6.50. The van der Waals surface area contributed by atoms with E-state index in [0.717, 1.165) is 32.0 Å². The van der Waals surface area contributed by atoms with Gasteiger partial charge in [-0.25, -0.2) is 4.98 Å². The Morgan fingerprint density at radius 2 is 1.63 bits per heavy atom. The van der Waals surface area contributed by atoms with Crippen molar-refractivity contribution in [2.24, 2.45) is 0 Å². The van der Waals surface area contributed by atoms with E-state index in [9.17, 15) is 4.79 Å². The number of nitrogens with one attached hydrogen (secondary N) is 1. The third kappa shape index (κ3) is 5.11. The lowest BCUT2D eigenvalue weighted by Crippen LogP contribution is -2.48. The molecule has 1 fully saturated rings.